The molecular weight excluding hydrogens is 757 g/mol. The number of likely N-dealkylation sites (N-methyl/N-ethyl adjacent to an activating group) is 1. The summed E-state index contributed by atoms with van der Waals surface area (Å²) in [5.74, 6) is -5.60. The number of hydrogen-bond donors (Lipinski definition) is 4. The molecule has 1 amide bonds. The number of carbonyl (C=O) groups is 3. The molecule has 5 bridgehead atoms. The first-order valence-corrected chi connectivity index (χ1v) is 20.3. The van der Waals surface area contributed by atoms with Gasteiger partial charge >= 0.3 is 11.8 Å². The zero-order valence-corrected chi connectivity index (χ0v) is 36.5. The van der Waals surface area contributed by atoms with Crippen molar-refractivity contribution in [3.05, 3.63) is 64.0 Å². The van der Waals surface area contributed by atoms with E-state index in [2.05, 4.69) is 10.2 Å². The Morgan fingerprint density at radius 2 is 1.61 bits per heavy atom. The van der Waals surface area contributed by atoms with E-state index in [0.29, 0.717) is 40.9 Å². The number of phenols is 1. The quantitative estimate of drug-likeness (QED) is 0.224. The molecule has 2 aromatic rings. The van der Waals surface area contributed by atoms with Crippen molar-refractivity contribution in [2.24, 2.45) is 28.8 Å². The molecule has 4 heterocycles. The molecule has 14 nitrogen and oxygen atoms in total. The number of fused-ring (bicyclic) bond motifs is 14. The topological polar surface area (TPSA) is 180 Å². The second-order valence-electron chi connectivity index (χ2n) is 16.7. The van der Waals surface area contributed by atoms with Gasteiger partial charge in [-0.25, -0.2) is 0 Å². The lowest BCUT2D eigenvalue weighted by atomic mass is 9.78. The van der Waals surface area contributed by atoms with Gasteiger partial charge in [-0.1, -0.05) is 45.9 Å². The number of anilines is 1. The van der Waals surface area contributed by atoms with E-state index in [9.17, 15) is 29.7 Å². The smallest absolute Gasteiger partial charge is 0.312 e. The van der Waals surface area contributed by atoms with Gasteiger partial charge in [0.2, 0.25) is 0 Å². The lowest BCUT2D eigenvalue weighted by Crippen LogP contribution is -2.46. The summed E-state index contributed by atoms with van der Waals surface area (Å²) in [6.07, 6.45) is 5.84. The summed E-state index contributed by atoms with van der Waals surface area (Å²) in [6.45, 7) is 20.0. The number of ketones is 1. The lowest BCUT2D eigenvalue weighted by molar-refractivity contribution is -0.160. The number of phenolic OH excluding ortho intramolecular Hbond substituents is 1. The summed E-state index contributed by atoms with van der Waals surface area (Å²) in [5.41, 5.74) is 3.07. The fourth-order valence-electron chi connectivity index (χ4n) is 8.40. The Labute approximate surface area is 347 Å². The summed E-state index contributed by atoms with van der Waals surface area (Å²) in [4.78, 5) is 43.1. The Morgan fingerprint density at radius 3 is 2.24 bits per heavy atom. The first-order valence-electron chi connectivity index (χ1n) is 20.3. The number of piperazine rings is 1. The standard InChI is InChI=1S/C45H62N4O10/c1-23-14-13-15-24(2)44(55)47-37-28(6)34-25(3)26(4)42-36(35(34)40(53)32(37)22-46-49-19-17-48(11)18-20-49)43(54)45(10,59-42)57-21-16-33(56-12)27(5)41(58-31(9)50)30(8)39(52)29(7)38(23)51/h13-16,21-23,27,29-30,33,38-39,41,51-53H,17-20H2,1-12H3,(H,47,55)/t23?,27-,29-,30-,33+,38+,39-,41-,45+/m1/s1. The molecule has 0 spiro atoms. The summed E-state index contributed by atoms with van der Waals surface area (Å²) in [7, 11) is 3.53. The van der Waals surface area contributed by atoms with Crippen LogP contribution in [0.4, 0.5) is 5.69 Å². The van der Waals surface area contributed by atoms with Gasteiger partial charge in [-0.3, -0.25) is 19.4 Å². The van der Waals surface area contributed by atoms with Gasteiger partial charge in [-0.2, -0.15) is 5.10 Å². The minimum atomic E-state index is -1.85. The number of ether oxygens (including phenoxy) is 4. The molecule has 14 heteroatoms. The van der Waals surface area contributed by atoms with Crippen LogP contribution in [0.2, 0.25) is 0 Å². The lowest BCUT2D eigenvalue weighted by Gasteiger charge is -2.38. The van der Waals surface area contributed by atoms with Crippen LogP contribution in [0.3, 0.4) is 0 Å². The maximum atomic E-state index is 14.6. The minimum Gasteiger partial charge on any atom is -0.507 e. The summed E-state index contributed by atoms with van der Waals surface area (Å²) < 4.78 is 24.1. The zero-order valence-electron chi connectivity index (χ0n) is 36.5. The third-order valence-electron chi connectivity index (χ3n) is 12.5. The van der Waals surface area contributed by atoms with Crippen LogP contribution in [0, 0.1) is 44.4 Å². The van der Waals surface area contributed by atoms with Crippen molar-refractivity contribution in [1.82, 2.24) is 9.91 Å². The van der Waals surface area contributed by atoms with Crippen molar-refractivity contribution in [2.75, 3.05) is 45.7 Å². The molecule has 4 aliphatic heterocycles. The highest BCUT2D eigenvalue weighted by Crippen LogP contribution is 2.50. The molecule has 0 aliphatic carbocycles. The average molecular weight is 819 g/mol. The number of hydrogen-bond acceptors (Lipinski definition) is 13. The minimum absolute atomic E-state index is 0.141. The molecule has 6 rings (SSSR count). The maximum Gasteiger partial charge on any atom is 0.312 e. The van der Waals surface area contributed by atoms with Crippen molar-refractivity contribution < 1.29 is 48.7 Å². The number of aromatic hydroxyl groups is 1. The van der Waals surface area contributed by atoms with Gasteiger partial charge in [0, 0.05) is 81.8 Å². The number of hydrazone groups is 1. The van der Waals surface area contributed by atoms with E-state index in [1.807, 2.05) is 46.7 Å². The highest BCUT2D eigenvalue weighted by atomic mass is 16.7. The van der Waals surface area contributed by atoms with Crippen LogP contribution in [-0.2, 0) is 23.8 Å². The molecule has 4 N–H and O–H groups in total. The number of aliphatic hydroxyl groups excluding tert-OH is 2. The van der Waals surface area contributed by atoms with Crippen LogP contribution in [0.25, 0.3) is 10.8 Å². The first kappa shape index (κ1) is 45.3. The fourth-order valence-corrected chi connectivity index (χ4v) is 8.40. The number of nitrogens with zero attached hydrogens (tertiary/aromatic N) is 3. The number of rotatable bonds is 4. The largest absolute Gasteiger partial charge is 0.507 e. The SMILES string of the molecule is CO[C@H]1C=CO[C@@]2(C)Oc3c(C)c(C)c4c(C)c(c(C=NN5CCN(C)CC5)c(O)c4c3C2=O)NC(=O)C(C)=CC=CC(C)[C@H](O)[C@@H](C)[C@@H](O)[C@@H](C)[C@H](OC(C)=O)[C@@H]1C. The van der Waals surface area contributed by atoms with Gasteiger partial charge < -0.3 is 44.5 Å². The van der Waals surface area contributed by atoms with Crippen LogP contribution in [-0.4, -0.2) is 120 Å². The first-order chi connectivity index (χ1) is 27.7. The molecule has 4 aliphatic rings. The number of aliphatic hydroxyl groups is 2. The van der Waals surface area contributed by atoms with E-state index in [1.54, 1.807) is 45.1 Å². The predicted molar refractivity (Wildman–Crippen MR) is 227 cm³/mol. The fraction of sp³-hybridized carbons (Fsp3) is 0.556. The number of methoxy groups -OCH3 is 1. The highest BCUT2D eigenvalue weighted by Gasteiger charge is 2.49. The van der Waals surface area contributed by atoms with Crippen LogP contribution in [0.5, 0.6) is 11.5 Å². The number of allylic oxidation sites excluding steroid dienone is 2. The van der Waals surface area contributed by atoms with E-state index in [1.165, 1.54) is 33.4 Å². The second-order valence-corrected chi connectivity index (χ2v) is 16.7. The number of amides is 1. The van der Waals surface area contributed by atoms with E-state index in [4.69, 9.17) is 24.0 Å². The maximum absolute atomic E-state index is 14.6. The van der Waals surface area contributed by atoms with Gasteiger partial charge in [0.25, 0.3) is 11.7 Å². The Morgan fingerprint density at radius 1 is 0.949 bits per heavy atom. The van der Waals surface area contributed by atoms with Crippen molar-refractivity contribution >= 4 is 40.3 Å². The van der Waals surface area contributed by atoms with Gasteiger partial charge in [0.1, 0.15) is 17.6 Å². The molecular formula is C45H62N4O10. The third kappa shape index (κ3) is 9.06. The molecule has 2 aromatic carbocycles. The summed E-state index contributed by atoms with van der Waals surface area (Å²) in [5, 5.41) is 45.7. The average Bonchev–Trinajstić information content (AvgIpc) is 3.46. The molecule has 1 fully saturated rings. The normalized spacial score (nSPS) is 30.1. The third-order valence-corrected chi connectivity index (χ3v) is 12.5. The Bertz CT molecular complexity index is 2070. The number of benzene rings is 2. The molecule has 322 valence electrons. The van der Waals surface area contributed by atoms with Crippen molar-refractivity contribution in [3.63, 3.8) is 0 Å². The van der Waals surface area contributed by atoms with Crippen molar-refractivity contribution in [3.8, 4) is 11.5 Å². The summed E-state index contributed by atoms with van der Waals surface area (Å²) in [6, 6.07) is 0. The van der Waals surface area contributed by atoms with Crippen LogP contribution in [0.1, 0.15) is 81.1 Å². The molecule has 0 radical (unpaired) electrons. The van der Waals surface area contributed by atoms with Crippen molar-refractivity contribution in [2.45, 2.75) is 99.4 Å². The van der Waals surface area contributed by atoms with Crippen molar-refractivity contribution in [1.29, 1.82) is 0 Å². The number of Topliss-reactive ketones (excluding diaryl/α,β-unsaturated/α-hetero) is 1. The van der Waals surface area contributed by atoms with E-state index in [-0.39, 0.29) is 28.0 Å². The Kier molecular flexibility index (Phi) is 14.0. The second kappa shape index (κ2) is 18.2. The number of aryl methyl sites for hydroxylation is 2. The monoisotopic (exact) mass is 818 g/mol. The molecule has 1 unspecified atom stereocenters. The van der Waals surface area contributed by atoms with E-state index in [0.717, 1.165) is 18.7 Å². The van der Waals surface area contributed by atoms with E-state index < -0.39 is 71.5 Å². The molecule has 0 aromatic heterocycles. The highest BCUT2D eigenvalue weighted by molar-refractivity contribution is 6.22. The predicted octanol–water partition coefficient (Wildman–Crippen LogP) is 5.54. The van der Waals surface area contributed by atoms with Crippen LogP contribution < -0.4 is 10.1 Å². The van der Waals surface area contributed by atoms with Gasteiger partial charge in [0.05, 0.1) is 47.6 Å². The number of esters is 1. The molecule has 9 atom stereocenters. The molecule has 0 saturated carbocycles. The molecule has 59 heavy (non-hydrogen) atoms. The van der Waals surface area contributed by atoms with Crippen LogP contribution in [0.15, 0.2) is 41.2 Å². The Balaban J connectivity index is 1.70. The summed E-state index contributed by atoms with van der Waals surface area (Å²) >= 11 is 0. The van der Waals surface area contributed by atoms with Gasteiger partial charge in [0.15, 0.2) is 0 Å². The Hall–Kier alpha value is -4.76. The van der Waals surface area contributed by atoms with Gasteiger partial charge in [-0.05, 0) is 62.9 Å². The molecule has 1 saturated heterocycles. The van der Waals surface area contributed by atoms with Gasteiger partial charge in [-0.15, -0.1) is 0 Å². The number of carbonyl (C=O) groups excluding carboxylic acids is 3. The number of nitrogens with one attached hydrogen (secondary N) is 1. The van der Waals surface area contributed by atoms with Crippen LogP contribution >= 0.6 is 0 Å². The van der Waals surface area contributed by atoms with E-state index >= 15 is 0 Å². The zero-order chi connectivity index (χ0) is 43.7.